The number of pyridine rings is 1. The molecule has 4 rings (SSSR count). The van der Waals surface area contributed by atoms with Crippen LogP contribution in [0.3, 0.4) is 0 Å². The first-order valence-corrected chi connectivity index (χ1v) is 12.3. The van der Waals surface area contributed by atoms with Gasteiger partial charge >= 0.3 is 0 Å². The van der Waals surface area contributed by atoms with E-state index < -0.39 is 39.0 Å². The number of amides is 1. The Morgan fingerprint density at radius 2 is 2.10 bits per heavy atom. The maximum absolute atomic E-state index is 13.7. The number of carbonyl (C=O) groups excluding carboxylic acids is 1. The van der Waals surface area contributed by atoms with Gasteiger partial charge < -0.3 is 16.0 Å². The molecule has 0 spiro atoms. The quantitative estimate of drug-likeness (QED) is 0.470. The Morgan fingerprint density at radius 3 is 2.77 bits per heavy atom. The number of sulfone groups is 1. The van der Waals surface area contributed by atoms with Crippen molar-refractivity contribution in [2.24, 2.45) is 11.7 Å². The highest BCUT2D eigenvalue weighted by molar-refractivity contribution is 7.92. The Labute approximate surface area is 181 Å². The fourth-order valence-electron chi connectivity index (χ4n) is 4.55. The van der Waals surface area contributed by atoms with Crippen LogP contribution in [0.4, 0.5) is 15.8 Å². The molecule has 3 fully saturated rings. The van der Waals surface area contributed by atoms with E-state index in [1.807, 2.05) is 6.07 Å². The molecule has 10 nitrogen and oxygen atoms in total. The number of halogens is 1. The Kier molecular flexibility index (Phi) is 5.94. The first-order valence-electron chi connectivity index (χ1n) is 10.4. The SMILES string of the molecule is CC1(S(C)(=O)=O)CCN(c2ccncc2NC(=O)C2C(N)NN3CC(F)CNC23)CC1. The smallest absolute Gasteiger partial charge is 0.233 e. The van der Waals surface area contributed by atoms with Crippen molar-refractivity contribution in [3.63, 3.8) is 0 Å². The van der Waals surface area contributed by atoms with Crippen LogP contribution in [0, 0.1) is 5.92 Å². The van der Waals surface area contributed by atoms with Crippen LogP contribution in [-0.2, 0) is 14.6 Å². The summed E-state index contributed by atoms with van der Waals surface area (Å²) < 4.78 is 37.2. The lowest BCUT2D eigenvalue weighted by Gasteiger charge is -2.39. The average molecular weight is 456 g/mol. The van der Waals surface area contributed by atoms with Gasteiger partial charge in [-0.3, -0.25) is 15.1 Å². The van der Waals surface area contributed by atoms with Gasteiger partial charge in [0.1, 0.15) is 6.17 Å². The number of hydrogen-bond acceptors (Lipinski definition) is 9. The molecule has 3 saturated heterocycles. The largest absolute Gasteiger partial charge is 0.370 e. The van der Waals surface area contributed by atoms with Crippen LogP contribution in [0.2, 0.25) is 0 Å². The van der Waals surface area contributed by atoms with Gasteiger partial charge in [-0.25, -0.2) is 23.2 Å². The van der Waals surface area contributed by atoms with Gasteiger partial charge in [0.15, 0.2) is 9.84 Å². The van der Waals surface area contributed by atoms with Gasteiger partial charge in [-0.2, -0.15) is 0 Å². The fraction of sp³-hybridized carbons (Fsp3) is 0.684. The molecule has 1 aromatic rings. The number of nitrogens with two attached hydrogens (primary N) is 1. The molecule has 1 amide bonds. The monoisotopic (exact) mass is 455 g/mol. The second-order valence-corrected chi connectivity index (χ2v) is 11.4. The summed E-state index contributed by atoms with van der Waals surface area (Å²) in [4.78, 5) is 19.3. The summed E-state index contributed by atoms with van der Waals surface area (Å²) in [6, 6.07) is 1.81. The van der Waals surface area contributed by atoms with Crippen LogP contribution >= 0.6 is 0 Å². The second-order valence-electron chi connectivity index (χ2n) is 8.87. The summed E-state index contributed by atoms with van der Waals surface area (Å²) in [6.45, 7) is 3.23. The number of hydrazine groups is 1. The number of hydrogen-bond donors (Lipinski definition) is 4. The van der Waals surface area contributed by atoms with Crippen molar-refractivity contribution in [2.45, 2.75) is 43.0 Å². The zero-order valence-electron chi connectivity index (χ0n) is 17.7. The number of aromatic nitrogens is 1. The van der Waals surface area contributed by atoms with Gasteiger partial charge in [-0.05, 0) is 25.8 Å². The maximum atomic E-state index is 13.7. The van der Waals surface area contributed by atoms with E-state index >= 15 is 0 Å². The minimum atomic E-state index is -3.16. The van der Waals surface area contributed by atoms with E-state index in [4.69, 9.17) is 5.73 Å². The molecule has 1 aromatic heterocycles. The molecule has 3 aliphatic heterocycles. The van der Waals surface area contributed by atoms with E-state index in [9.17, 15) is 17.6 Å². The fourth-order valence-corrected chi connectivity index (χ4v) is 5.47. The molecule has 3 aliphatic rings. The summed E-state index contributed by atoms with van der Waals surface area (Å²) in [6.07, 6.45) is 3.45. The first kappa shape index (κ1) is 22.3. The second kappa shape index (κ2) is 8.24. The minimum Gasteiger partial charge on any atom is -0.370 e. The van der Waals surface area contributed by atoms with Crippen molar-refractivity contribution < 1.29 is 17.6 Å². The molecule has 0 aliphatic carbocycles. The molecular formula is C19H30FN7O3S. The molecule has 0 saturated carbocycles. The van der Waals surface area contributed by atoms with Gasteiger partial charge in [0.2, 0.25) is 5.91 Å². The van der Waals surface area contributed by atoms with Crippen molar-refractivity contribution >= 4 is 27.1 Å². The standard InChI is InChI=1S/C19H30FN7O3S/c1-19(31(2,29)30)4-7-26(8-5-19)14-3-6-22-10-13(14)24-18(28)15-16(21)25-27-11-12(20)9-23-17(15)27/h3,6,10,12,15-17,23,25H,4-5,7-9,11,21H2,1-2H3,(H,24,28). The lowest BCUT2D eigenvalue weighted by atomic mass is 9.97. The van der Waals surface area contributed by atoms with Crippen molar-refractivity contribution in [2.75, 3.05) is 42.7 Å². The molecular weight excluding hydrogens is 425 g/mol. The molecule has 172 valence electrons. The highest BCUT2D eigenvalue weighted by atomic mass is 32.2. The summed E-state index contributed by atoms with van der Waals surface area (Å²) >= 11 is 0. The van der Waals surface area contributed by atoms with Crippen LogP contribution in [0.5, 0.6) is 0 Å². The van der Waals surface area contributed by atoms with Crippen LogP contribution in [0.25, 0.3) is 0 Å². The Hall–Kier alpha value is -1.86. The number of piperidine rings is 1. The highest BCUT2D eigenvalue weighted by Crippen LogP contribution is 2.35. The number of carbonyl (C=O) groups is 1. The lowest BCUT2D eigenvalue weighted by molar-refractivity contribution is -0.121. The molecule has 5 N–H and O–H groups in total. The number of nitrogens with zero attached hydrogens (tertiary/aromatic N) is 3. The van der Waals surface area contributed by atoms with E-state index in [2.05, 4.69) is 25.9 Å². The van der Waals surface area contributed by atoms with Crippen LogP contribution in [0.1, 0.15) is 19.8 Å². The van der Waals surface area contributed by atoms with E-state index in [0.29, 0.717) is 31.6 Å². The molecule has 31 heavy (non-hydrogen) atoms. The van der Waals surface area contributed by atoms with Crippen molar-refractivity contribution in [1.29, 1.82) is 0 Å². The maximum Gasteiger partial charge on any atom is 0.233 e. The molecule has 4 atom stereocenters. The number of alkyl halides is 1. The van der Waals surface area contributed by atoms with Gasteiger partial charge in [0, 0.05) is 38.6 Å². The van der Waals surface area contributed by atoms with Crippen molar-refractivity contribution in [3.8, 4) is 0 Å². The predicted molar refractivity (Wildman–Crippen MR) is 116 cm³/mol. The normalized spacial score (nSPS) is 31.3. The molecule has 4 heterocycles. The Morgan fingerprint density at radius 1 is 1.39 bits per heavy atom. The summed E-state index contributed by atoms with van der Waals surface area (Å²) in [5.41, 5.74) is 10.4. The number of rotatable bonds is 4. The van der Waals surface area contributed by atoms with Gasteiger partial charge in [0.05, 0.1) is 40.6 Å². The predicted octanol–water partition coefficient (Wildman–Crippen LogP) is -0.588. The Bertz CT molecular complexity index is 938. The molecule has 0 bridgehead atoms. The number of anilines is 2. The summed E-state index contributed by atoms with van der Waals surface area (Å²) in [7, 11) is -3.16. The number of nitrogens with one attached hydrogen (secondary N) is 3. The van der Waals surface area contributed by atoms with Gasteiger partial charge in [-0.15, -0.1) is 0 Å². The summed E-state index contributed by atoms with van der Waals surface area (Å²) in [5.74, 6) is -0.903. The third-order valence-corrected chi connectivity index (χ3v) is 8.94. The number of fused-ring (bicyclic) bond motifs is 1. The zero-order valence-corrected chi connectivity index (χ0v) is 18.5. The van der Waals surface area contributed by atoms with E-state index in [-0.39, 0.29) is 19.0 Å². The van der Waals surface area contributed by atoms with E-state index in [1.54, 1.807) is 24.3 Å². The Balaban J connectivity index is 1.48. The topological polar surface area (TPSA) is 133 Å². The summed E-state index contributed by atoms with van der Waals surface area (Å²) in [5, 5.41) is 7.62. The van der Waals surface area contributed by atoms with E-state index in [1.165, 1.54) is 6.26 Å². The van der Waals surface area contributed by atoms with Crippen LogP contribution in [0.15, 0.2) is 18.5 Å². The van der Waals surface area contributed by atoms with E-state index in [0.717, 1.165) is 5.69 Å². The first-order chi connectivity index (χ1) is 14.6. The van der Waals surface area contributed by atoms with Crippen molar-refractivity contribution in [1.82, 2.24) is 20.7 Å². The van der Waals surface area contributed by atoms with Crippen LogP contribution < -0.4 is 26.7 Å². The molecule has 4 unspecified atom stereocenters. The average Bonchev–Trinajstić information content (AvgIpc) is 3.03. The van der Waals surface area contributed by atoms with Crippen LogP contribution in [-0.4, -0.2) is 80.0 Å². The third-order valence-electron chi connectivity index (χ3n) is 6.74. The molecule has 0 aromatic carbocycles. The van der Waals surface area contributed by atoms with Crippen molar-refractivity contribution in [3.05, 3.63) is 18.5 Å². The minimum absolute atomic E-state index is 0.167. The van der Waals surface area contributed by atoms with Gasteiger partial charge in [-0.1, -0.05) is 0 Å². The lowest BCUT2D eigenvalue weighted by Crippen LogP contribution is -2.58. The zero-order chi connectivity index (χ0) is 22.4. The molecule has 0 radical (unpaired) electrons. The highest BCUT2D eigenvalue weighted by Gasteiger charge is 2.47. The van der Waals surface area contributed by atoms with Gasteiger partial charge in [0.25, 0.3) is 0 Å². The third kappa shape index (κ3) is 4.27. The molecule has 12 heteroatoms.